The number of H-pyrrole nitrogens is 1. The second kappa shape index (κ2) is 6.36. The molecule has 3 rings (SSSR count). The van der Waals surface area contributed by atoms with Crippen LogP contribution in [0.2, 0.25) is 5.02 Å². The van der Waals surface area contributed by atoms with Gasteiger partial charge in [-0.1, -0.05) is 17.7 Å². The molecule has 0 aliphatic carbocycles. The zero-order chi connectivity index (χ0) is 17.5. The zero-order valence-electron chi connectivity index (χ0n) is 13.1. The van der Waals surface area contributed by atoms with Gasteiger partial charge < -0.3 is 10.1 Å². The van der Waals surface area contributed by atoms with Crippen LogP contribution in [0.15, 0.2) is 24.4 Å². The molecule has 24 heavy (non-hydrogen) atoms. The van der Waals surface area contributed by atoms with Gasteiger partial charge in [-0.25, -0.2) is 8.42 Å². The minimum atomic E-state index is -3.25. The highest BCUT2D eigenvalue weighted by Gasteiger charge is 2.33. The summed E-state index contributed by atoms with van der Waals surface area (Å²) in [6, 6.07) is 4.44. The van der Waals surface area contributed by atoms with Gasteiger partial charge in [0.05, 0.1) is 6.26 Å². The van der Waals surface area contributed by atoms with Crippen LogP contribution in [0.5, 0.6) is 0 Å². The maximum Gasteiger partial charge on any atom is 0.325 e. The number of carboxylic acid groups (broad SMARTS) is 1. The van der Waals surface area contributed by atoms with E-state index in [-0.39, 0.29) is 13.1 Å². The molecule has 0 radical (unpaired) electrons. The molecular weight excluding hydrogens is 354 g/mol. The predicted molar refractivity (Wildman–Crippen MR) is 91.7 cm³/mol. The lowest BCUT2D eigenvalue weighted by atomic mass is 10.0. The third-order valence-electron chi connectivity index (χ3n) is 4.31. The molecule has 2 N–H and O–H groups in total. The fourth-order valence-corrected chi connectivity index (χ4v) is 4.13. The number of aromatic nitrogens is 1. The molecule has 1 saturated heterocycles. The van der Waals surface area contributed by atoms with Crippen LogP contribution in [-0.4, -0.2) is 66.1 Å². The monoisotopic (exact) mass is 371 g/mol. The molecule has 1 aliphatic rings. The fourth-order valence-electron chi connectivity index (χ4n) is 3.13. The quantitative estimate of drug-likeness (QED) is 0.850. The van der Waals surface area contributed by atoms with Crippen molar-refractivity contribution in [3.05, 3.63) is 35.0 Å². The van der Waals surface area contributed by atoms with Crippen LogP contribution in [-0.2, 0) is 14.8 Å². The molecule has 0 unspecified atom stereocenters. The number of benzene rings is 1. The zero-order valence-corrected chi connectivity index (χ0v) is 14.6. The van der Waals surface area contributed by atoms with Gasteiger partial charge in [-0.15, -0.1) is 0 Å². The van der Waals surface area contributed by atoms with Crippen molar-refractivity contribution in [1.29, 1.82) is 0 Å². The van der Waals surface area contributed by atoms with Crippen molar-refractivity contribution in [1.82, 2.24) is 14.2 Å². The molecule has 2 aromatic rings. The first-order valence-corrected chi connectivity index (χ1v) is 9.68. The highest BCUT2D eigenvalue weighted by Crippen LogP contribution is 2.31. The van der Waals surface area contributed by atoms with Gasteiger partial charge in [-0.2, -0.15) is 4.31 Å². The van der Waals surface area contributed by atoms with E-state index in [1.54, 1.807) is 29.3 Å². The molecule has 1 fully saturated rings. The number of halogens is 1. The van der Waals surface area contributed by atoms with Crippen LogP contribution in [0.1, 0.15) is 11.6 Å². The minimum Gasteiger partial charge on any atom is -0.480 e. The molecule has 9 heteroatoms. The summed E-state index contributed by atoms with van der Waals surface area (Å²) >= 11 is 5.97. The van der Waals surface area contributed by atoms with Crippen molar-refractivity contribution in [3.8, 4) is 0 Å². The number of sulfonamides is 1. The van der Waals surface area contributed by atoms with Gasteiger partial charge in [-0.3, -0.25) is 9.69 Å². The number of hydrogen-bond donors (Lipinski definition) is 2. The van der Waals surface area contributed by atoms with E-state index in [1.807, 2.05) is 0 Å². The average molecular weight is 372 g/mol. The Balaban J connectivity index is 1.89. The molecule has 130 valence electrons. The Labute approximate surface area is 144 Å². The molecule has 7 nitrogen and oxygen atoms in total. The lowest BCUT2D eigenvalue weighted by Gasteiger charge is -2.36. The molecule has 1 aromatic carbocycles. The summed E-state index contributed by atoms with van der Waals surface area (Å²) in [5, 5.41) is 11.1. The molecule has 0 amide bonds. The molecule has 2 heterocycles. The third-order valence-corrected chi connectivity index (χ3v) is 5.85. The minimum absolute atomic E-state index is 0.288. The van der Waals surface area contributed by atoms with Crippen LogP contribution in [0.25, 0.3) is 10.9 Å². The summed E-state index contributed by atoms with van der Waals surface area (Å²) in [5.74, 6) is -0.960. The van der Waals surface area contributed by atoms with E-state index in [0.717, 1.165) is 10.9 Å². The summed E-state index contributed by atoms with van der Waals surface area (Å²) in [7, 11) is -3.25. The van der Waals surface area contributed by atoms with E-state index in [2.05, 4.69) is 4.98 Å². The number of rotatable bonds is 4. The lowest BCUT2D eigenvalue weighted by Crippen LogP contribution is -2.50. The van der Waals surface area contributed by atoms with Crippen molar-refractivity contribution in [3.63, 3.8) is 0 Å². The number of carboxylic acids is 1. The van der Waals surface area contributed by atoms with E-state index in [0.29, 0.717) is 23.7 Å². The van der Waals surface area contributed by atoms with Crippen molar-refractivity contribution in [2.75, 3.05) is 32.4 Å². The van der Waals surface area contributed by atoms with E-state index < -0.39 is 22.0 Å². The Morgan fingerprint density at radius 3 is 2.54 bits per heavy atom. The molecular formula is C15H18ClN3O4S. The van der Waals surface area contributed by atoms with Gasteiger partial charge in [0, 0.05) is 53.9 Å². The van der Waals surface area contributed by atoms with Crippen molar-refractivity contribution in [2.24, 2.45) is 0 Å². The summed E-state index contributed by atoms with van der Waals surface area (Å²) in [6.45, 7) is 1.31. The Morgan fingerprint density at radius 1 is 1.29 bits per heavy atom. The Kier molecular flexibility index (Phi) is 4.56. The SMILES string of the molecule is CS(=O)(=O)N1CCN([C@H](C(=O)O)c2c[nH]c3cc(Cl)ccc23)CC1. The average Bonchev–Trinajstić information content (AvgIpc) is 2.89. The summed E-state index contributed by atoms with van der Waals surface area (Å²) in [6.07, 6.45) is 2.85. The normalized spacial score (nSPS) is 18.8. The van der Waals surface area contributed by atoms with Gasteiger partial charge in [0.1, 0.15) is 6.04 Å². The predicted octanol–water partition coefficient (Wildman–Crippen LogP) is 1.52. The number of aliphatic carboxylic acids is 1. The van der Waals surface area contributed by atoms with Gasteiger partial charge in [0.2, 0.25) is 10.0 Å². The van der Waals surface area contributed by atoms with E-state index >= 15 is 0 Å². The number of nitrogens with one attached hydrogen (secondary N) is 1. The molecule has 0 bridgehead atoms. The van der Waals surface area contributed by atoms with Crippen molar-refractivity contribution in [2.45, 2.75) is 6.04 Å². The Hall–Kier alpha value is -1.61. The number of hydrogen-bond acceptors (Lipinski definition) is 4. The van der Waals surface area contributed by atoms with Gasteiger partial charge in [-0.05, 0) is 12.1 Å². The topological polar surface area (TPSA) is 93.7 Å². The fraction of sp³-hybridized carbons (Fsp3) is 0.400. The van der Waals surface area contributed by atoms with Gasteiger partial charge in [0.15, 0.2) is 0 Å². The first-order chi connectivity index (χ1) is 11.3. The van der Waals surface area contributed by atoms with Crippen molar-refractivity contribution < 1.29 is 18.3 Å². The summed E-state index contributed by atoms with van der Waals surface area (Å²) in [4.78, 5) is 16.7. The van der Waals surface area contributed by atoms with Crippen LogP contribution in [0, 0.1) is 0 Å². The standard InChI is InChI=1S/C15H18ClN3O4S/c1-24(22,23)19-6-4-18(5-7-19)14(15(20)21)12-9-17-13-8-10(16)2-3-11(12)13/h2-3,8-9,14,17H,4-7H2,1H3,(H,20,21)/t14-/m0/s1. The molecule has 0 spiro atoms. The number of piperazine rings is 1. The highest BCUT2D eigenvalue weighted by atomic mass is 35.5. The molecule has 1 atom stereocenters. The Morgan fingerprint density at radius 2 is 1.96 bits per heavy atom. The largest absolute Gasteiger partial charge is 0.480 e. The second-order valence-electron chi connectivity index (χ2n) is 5.87. The van der Waals surface area contributed by atoms with Gasteiger partial charge >= 0.3 is 5.97 Å². The number of aromatic amines is 1. The van der Waals surface area contributed by atoms with E-state index in [4.69, 9.17) is 11.6 Å². The molecule has 1 aliphatic heterocycles. The highest BCUT2D eigenvalue weighted by molar-refractivity contribution is 7.88. The first-order valence-electron chi connectivity index (χ1n) is 7.46. The summed E-state index contributed by atoms with van der Waals surface area (Å²) < 4.78 is 24.6. The molecule has 1 aromatic heterocycles. The third kappa shape index (κ3) is 3.27. The number of carbonyl (C=O) groups is 1. The maximum absolute atomic E-state index is 11.9. The smallest absolute Gasteiger partial charge is 0.325 e. The van der Waals surface area contributed by atoms with Gasteiger partial charge in [0.25, 0.3) is 0 Å². The maximum atomic E-state index is 11.9. The van der Waals surface area contributed by atoms with Crippen LogP contribution >= 0.6 is 11.6 Å². The van der Waals surface area contributed by atoms with Crippen LogP contribution in [0.4, 0.5) is 0 Å². The second-order valence-corrected chi connectivity index (χ2v) is 8.29. The van der Waals surface area contributed by atoms with E-state index in [1.165, 1.54) is 10.6 Å². The first kappa shape index (κ1) is 17.2. The number of fused-ring (bicyclic) bond motifs is 1. The number of nitrogens with zero attached hydrogens (tertiary/aromatic N) is 2. The lowest BCUT2D eigenvalue weighted by molar-refractivity contribution is -0.144. The van der Waals surface area contributed by atoms with Crippen LogP contribution < -0.4 is 0 Å². The summed E-state index contributed by atoms with van der Waals surface area (Å²) in [5.41, 5.74) is 1.43. The Bertz CT molecular complexity index is 872. The molecule has 0 saturated carbocycles. The van der Waals surface area contributed by atoms with Crippen LogP contribution in [0.3, 0.4) is 0 Å². The van der Waals surface area contributed by atoms with Crippen molar-refractivity contribution >= 4 is 38.5 Å². The van der Waals surface area contributed by atoms with E-state index in [9.17, 15) is 18.3 Å².